The van der Waals surface area contributed by atoms with E-state index in [1.807, 2.05) is 12.1 Å². The van der Waals surface area contributed by atoms with Crippen molar-refractivity contribution in [1.29, 1.82) is 0 Å². The zero-order chi connectivity index (χ0) is 14.6. The van der Waals surface area contributed by atoms with Crippen molar-refractivity contribution >= 4 is 11.6 Å². The minimum Gasteiger partial charge on any atom is -0.286 e. The van der Waals surface area contributed by atoms with Crippen LogP contribution in [0.25, 0.3) is 0 Å². The molecule has 20 heavy (non-hydrogen) atoms. The maximum Gasteiger partial charge on any atom is 0.127 e. The highest BCUT2D eigenvalue weighted by atomic mass is 35.5. The first kappa shape index (κ1) is 15.5. The number of rotatable bonds is 6. The van der Waals surface area contributed by atoms with Crippen LogP contribution in [0.5, 0.6) is 0 Å². The van der Waals surface area contributed by atoms with E-state index in [0.717, 1.165) is 49.9 Å². The molecule has 1 nitrogen and oxygen atoms in total. The van der Waals surface area contributed by atoms with E-state index in [1.54, 1.807) is 12.1 Å². The molecule has 1 aromatic carbocycles. The van der Waals surface area contributed by atoms with Crippen molar-refractivity contribution in [3.8, 4) is 0 Å². The second-order valence-corrected chi connectivity index (χ2v) is 5.88. The molecule has 0 saturated heterocycles. The van der Waals surface area contributed by atoms with Crippen molar-refractivity contribution in [2.45, 2.75) is 38.0 Å². The van der Waals surface area contributed by atoms with E-state index < -0.39 is 0 Å². The largest absolute Gasteiger partial charge is 0.286 e. The molecule has 0 bridgehead atoms. The Labute approximate surface area is 126 Å². The minimum atomic E-state index is -0.204. The molecule has 0 aliphatic heterocycles. The number of halogens is 2. The Kier molecular flexibility index (Phi) is 5.22. The molecular weight excluding hydrogens is 273 g/mol. The number of likely N-dealkylation sites (N-methyl/N-ethyl adjacent to an activating group) is 1. The number of hydrogen-bond donors (Lipinski definition) is 0. The van der Waals surface area contributed by atoms with E-state index in [9.17, 15) is 4.39 Å². The molecule has 1 saturated carbocycles. The van der Waals surface area contributed by atoms with Crippen molar-refractivity contribution in [3.05, 3.63) is 47.8 Å². The first-order chi connectivity index (χ1) is 9.64. The zero-order valence-corrected chi connectivity index (χ0v) is 12.9. The second-order valence-electron chi connectivity index (χ2n) is 5.64. The van der Waals surface area contributed by atoms with Gasteiger partial charge < -0.3 is 0 Å². The maximum absolute atomic E-state index is 14.3. The van der Waals surface area contributed by atoms with E-state index in [1.165, 1.54) is 0 Å². The quantitative estimate of drug-likeness (QED) is 0.417. The van der Waals surface area contributed by atoms with Crippen LogP contribution in [0.1, 0.15) is 38.2 Å². The molecule has 0 atom stereocenters. The standard InChI is InChI=1S/C17H23ClFN/c1-3-20(13-18)12-14(2)17(10-6-7-11-17)15-8-4-5-9-16(15)19/h4-5,8-9H,2-3,6-7,10-13H2,1H3. The molecule has 1 fully saturated rings. The first-order valence-electron chi connectivity index (χ1n) is 7.35. The van der Waals surface area contributed by atoms with Gasteiger partial charge in [0.1, 0.15) is 5.82 Å². The highest BCUT2D eigenvalue weighted by molar-refractivity contribution is 6.17. The van der Waals surface area contributed by atoms with E-state index in [4.69, 9.17) is 11.6 Å². The molecule has 0 heterocycles. The predicted octanol–water partition coefficient (Wildman–Crippen LogP) is 4.71. The van der Waals surface area contributed by atoms with Gasteiger partial charge in [-0.3, -0.25) is 4.90 Å². The normalized spacial score (nSPS) is 17.6. The molecule has 0 radical (unpaired) electrons. The Morgan fingerprint density at radius 1 is 1.35 bits per heavy atom. The number of alkyl halides is 1. The van der Waals surface area contributed by atoms with E-state index in [-0.39, 0.29) is 11.2 Å². The molecule has 0 unspecified atom stereocenters. The molecule has 1 aliphatic carbocycles. The fourth-order valence-electron chi connectivity index (χ4n) is 3.30. The fraction of sp³-hybridized carbons (Fsp3) is 0.529. The lowest BCUT2D eigenvalue weighted by atomic mass is 9.73. The lowest BCUT2D eigenvalue weighted by Gasteiger charge is -2.35. The van der Waals surface area contributed by atoms with Gasteiger partial charge in [-0.15, -0.1) is 11.6 Å². The Morgan fingerprint density at radius 2 is 2.00 bits per heavy atom. The van der Waals surface area contributed by atoms with Crippen LogP contribution in [0.3, 0.4) is 0 Å². The Bertz CT molecular complexity index is 462. The van der Waals surface area contributed by atoms with Crippen LogP contribution in [0, 0.1) is 5.82 Å². The average Bonchev–Trinajstić information content (AvgIpc) is 2.95. The van der Waals surface area contributed by atoms with Gasteiger partial charge in [0, 0.05) is 12.0 Å². The third-order valence-electron chi connectivity index (χ3n) is 4.55. The van der Waals surface area contributed by atoms with Gasteiger partial charge in [0.05, 0.1) is 6.00 Å². The third-order valence-corrected chi connectivity index (χ3v) is 4.89. The van der Waals surface area contributed by atoms with Crippen molar-refractivity contribution in [1.82, 2.24) is 4.90 Å². The Hall–Kier alpha value is -0.860. The van der Waals surface area contributed by atoms with Gasteiger partial charge in [-0.05, 0) is 31.0 Å². The molecule has 0 amide bonds. The van der Waals surface area contributed by atoms with Crippen molar-refractivity contribution in [2.24, 2.45) is 0 Å². The summed E-state index contributed by atoms with van der Waals surface area (Å²) >= 11 is 5.95. The van der Waals surface area contributed by atoms with Crippen LogP contribution < -0.4 is 0 Å². The van der Waals surface area contributed by atoms with Gasteiger partial charge in [0.15, 0.2) is 0 Å². The molecule has 0 N–H and O–H groups in total. The van der Waals surface area contributed by atoms with E-state index in [0.29, 0.717) is 6.00 Å². The third kappa shape index (κ3) is 2.91. The maximum atomic E-state index is 14.3. The molecule has 3 heteroatoms. The van der Waals surface area contributed by atoms with Crippen molar-refractivity contribution in [3.63, 3.8) is 0 Å². The van der Waals surface area contributed by atoms with Crippen LogP contribution in [0.4, 0.5) is 4.39 Å². The van der Waals surface area contributed by atoms with Gasteiger partial charge in [-0.1, -0.05) is 50.1 Å². The minimum absolute atomic E-state index is 0.107. The van der Waals surface area contributed by atoms with Crippen LogP contribution in [0.2, 0.25) is 0 Å². The summed E-state index contributed by atoms with van der Waals surface area (Å²) in [4.78, 5) is 2.13. The molecule has 0 aromatic heterocycles. The molecule has 2 rings (SSSR count). The summed E-state index contributed by atoms with van der Waals surface area (Å²) in [7, 11) is 0. The highest BCUT2D eigenvalue weighted by Crippen LogP contribution is 2.47. The molecule has 1 aliphatic rings. The number of benzene rings is 1. The number of nitrogens with zero attached hydrogens (tertiary/aromatic N) is 1. The molecule has 0 spiro atoms. The topological polar surface area (TPSA) is 3.24 Å². The first-order valence-corrected chi connectivity index (χ1v) is 7.89. The molecule has 110 valence electrons. The lowest BCUT2D eigenvalue weighted by Crippen LogP contribution is -2.34. The summed E-state index contributed by atoms with van der Waals surface area (Å²) in [6.45, 7) is 8.01. The van der Waals surface area contributed by atoms with Gasteiger partial charge in [-0.25, -0.2) is 4.39 Å². The lowest BCUT2D eigenvalue weighted by molar-refractivity contribution is 0.335. The van der Waals surface area contributed by atoms with Crippen LogP contribution in [-0.2, 0) is 5.41 Å². The van der Waals surface area contributed by atoms with Gasteiger partial charge in [-0.2, -0.15) is 0 Å². The van der Waals surface area contributed by atoms with Gasteiger partial charge >= 0.3 is 0 Å². The summed E-state index contributed by atoms with van der Waals surface area (Å²) in [6.07, 6.45) is 4.26. The monoisotopic (exact) mass is 295 g/mol. The smallest absolute Gasteiger partial charge is 0.127 e. The summed E-state index contributed by atoms with van der Waals surface area (Å²) in [5, 5.41) is 0. The summed E-state index contributed by atoms with van der Waals surface area (Å²) < 4.78 is 14.3. The number of hydrogen-bond acceptors (Lipinski definition) is 1. The fourth-order valence-corrected chi connectivity index (χ4v) is 3.55. The Morgan fingerprint density at radius 3 is 2.55 bits per heavy atom. The summed E-state index contributed by atoms with van der Waals surface area (Å²) in [6, 6.07) is 7.64. The van der Waals surface area contributed by atoms with Crippen LogP contribution in [0.15, 0.2) is 36.4 Å². The van der Waals surface area contributed by atoms with E-state index in [2.05, 4.69) is 18.4 Å². The zero-order valence-electron chi connectivity index (χ0n) is 12.2. The molecule has 1 aromatic rings. The highest BCUT2D eigenvalue weighted by Gasteiger charge is 2.40. The van der Waals surface area contributed by atoms with Crippen LogP contribution in [-0.4, -0.2) is 24.0 Å². The van der Waals surface area contributed by atoms with Crippen molar-refractivity contribution < 1.29 is 4.39 Å². The summed E-state index contributed by atoms with van der Waals surface area (Å²) in [5.41, 5.74) is 1.71. The van der Waals surface area contributed by atoms with Crippen LogP contribution >= 0.6 is 11.6 Å². The Balaban J connectivity index is 2.31. The van der Waals surface area contributed by atoms with Gasteiger partial charge in [0.25, 0.3) is 0 Å². The average molecular weight is 296 g/mol. The second kappa shape index (κ2) is 6.73. The van der Waals surface area contributed by atoms with Crippen molar-refractivity contribution in [2.75, 3.05) is 19.1 Å². The molecular formula is C17H23ClFN. The van der Waals surface area contributed by atoms with E-state index >= 15 is 0 Å². The predicted molar refractivity (Wildman–Crippen MR) is 83.7 cm³/mol. The summed E-state index contributed by atoms with van der Waals surface area (Å²) in [5.74, 6) is -0.107. The van der Waals surface area contributed by atoms with Gasteiger partial charge in [0.2, 0.25) is 0 Å². The SMILES string of the molecule is C=C(CN(CC)CCl)C1(c2ccccc2F)CCCC1.